The molecule has 0 aliphatic carbocycles. The van der Waals surface area contributed by atoms with Crippen LogP contribution in [0, 0.1) is 10.8 Å². The van der Waals surface area contributed by atoms with Gasteiger partial charge in [0.1, 0.15) is 23.1 Å². The Bertz CT molecular complexity index is 2070. The standard InChI is InChI=1S/C46H58F6N6O6S2/c1-63-39-26-40(64-2)36(38(62)24-30-20-32(46(50,51)52)18-28(44(30)66-16-14-54)22-34(60)10-6-4-8-12-42(57)58)25-35(39)37(61)23-29-19-31(45(47,48)49)17-27(43(29)65-15-13-53)21-33(59)9-5-3-7-11-41(55)56/h17-20,25-26H,3-16,21-24,53-54H2,1-2H3,(H3,55,56)(H3,57,58). The molecule has 3 aromatic carbocycles. The first kappa shape index (κ1) is 55.4. The van der Waals surface area contributed by atoms with Crippen molar-refractivity contribution in [3.63, 3.8) is 0 Å². The molecule has 66 heavy (non-hydrogen) atoms. The van der Waals surface area contributed by atoms with Crippen LogP contribution < -0.4 is 32.4 Å². The van der Waals surface area contributed by atoms with Gasteiger partial charge in [-0.15, -0.1) is 23.5 Å². The molecule has 0 unspecified atom stereocenters. The summed E-state index contributed by atoms with van der Waals surface area (Å²) in [7, 11) is 2.45. The van der Waals surface area contributed by atoms with Crippen molar-refractivity contribution in [1.29, 1.82) is 10.8 Å². The van der Waals surface area contributed by atoms with E-state index in [4.69, 9.17) is 43.2 Å². The summed E-state index contributed by atoms with van der Waals surface area (Å²) < 4.78 is 97.3. The highest BCUT2D eigenvalue weighted by Crippen LogP contribution is 2.40. The van der Waals surface area contributed by atoms with Gasteiger partial charge in [0.15, 0.2) is 11.6 Å². The summed E-state index contributed by atoms with van der Waals surface area (Å²) in [4.78, 5) is 55.3. The van der Waals surface area contributed by atoms with Crippen molar-refractivity contribution >= 4 is 58.3 Å². The second-order valence-corrected chi connectivity index (χ2v) is 17.8. The number of carbonyl (C=O) groups is 4. The number of thioether (sulfide) groups is 2. The SMILES string of the molecule is COc1cc(OC)c(C(=O)Cc2cc(C(F)(F)F)cc(CC(=O)CCCCCC(=N)N)c2SCCN)cc1C(=O)Cc1cc(C(F)(F)F)cc(CC(=O)CCCCCC(=N)N)c1SCCN. The van der Waals surface area contributed by atoms with E-state index in [1.807, 2.05) is 0 Å². The molecule has 0 spiro atoms. The van der Waals surface area contributed by atoms with Gasteiger partial charge in [0.2, 0.25) is 0 Å². The Labute approximate surface area is 389 Å². The number of rotatable bonds is 30. The van der Waals surface area contributed by atoms with Crippen LogP contribution in [0.1, 0.15) is 118 Å². The van der Waals surface area contributed by atoms with E-state index in [9.17, 15) is 45.5 Å². The Morgan fingerprint density at radius 3 is 1.17 bits per heavy atom. The molecular formula is C46H58F6N6O6S2. The zero-order valence-electron chi connectivity index (χ0n) is 37.0. The number of carbonyl (C=O) groups excluding carboxylic acids is 4. The summed E-state index contributed by atoms with van der Waals surface area (Å²) in [6, 6.07) is 5.81. The fourth-order valence-electron chi connectivity index (χ4n) is 7.16. The fourth-order valence-corrected chi connectivity index (χ4v) is 9.07. The minimum atomic E-state index is -4.86. The topological polar surface area (TPSA) is 239 Å². The minimum absolute atomic E-state index is 0.0109. The van der Waals surface area contributed by atoms with E-state index in [0.717, 1.165) is 53.9 Å². The zero-order valence-corrected chi connectivity index (χ0v) is 38.7. The summed E-state index contributed by atoms with van der Waals surface area (Å²) in [5.41, 5.74) is 19.7. The van der Waals surface area contributed by atoms with Gasteiger partial charge in [-0.2, -0.15) is 26.3 Å². The number of unbranched alkanes of at least 4 members (excludes halogenated alkanes) is 4. The molecule has 0 heterocycles. The van der Waals surface area contributed by atoms with Crippen LogP contribution in [-0.2, 0) is 47.6 Å². The molecule has 0 amide bonds. The molecule has 3 aromatic rings. The maximum Gasteiger partial charge on any atom is 0.416 e. The van der Waals surface area contributed by atoms with E-state index in [2.05, 4.69) is 0 Å². The first-order chi connectivity index (χ1) is 31.1. The molecule has 3 rings (SSSR count). The third-order valence-electron chi connectivity index (χ3n) is 10.3. The maximum atomic E-state index is 14.4. The number of nitrogens with one attached hydrogen (secondary N) is 2. The van der Waals surface area contributed by atoms with Gasteiger partial charge >= 0.3 is 12.4 Å². The second-order valence-electron chi connectivity index (χ2n) is 15.6. The van der Waals surface area contributed by atoms with Crippen LogP contribution in [0.3, 0.4) is 0 Å². The Balaban J connectivity index is 2.09. The number of halogens is 6. The average Bonchev–Trinajstić information content (AvgIpc) is 3.23. The molecule has 10 N–H and O–H groups in total. The summed E-state index contributed by atoms with van der Waals surface area (Å²) in [6.45, 7) is 0.249. The molecule has 0 atom stereocenters. The van der Waals surface area contributed by atoms with Gasteiger partial charge in [0.25, 0.3) is 0 Å². The van der Waals surface area contributed by atoms with E-state index in [-0.39, 0.29) is 128 Å². The van der Waals surface area contributed by atoms with Crippen LogP contribution in [-0.4, -0.2) is 73.6 Å². The number of amidine groups is 2. The van der Waals surface area contributed by atoms with Gasteiger partial charge in [-0.25, -0.2) is 0 Å². The first-order valence-electron chi connectivity index (χ1n) is 21.3. The normalized spacial score (nSPS) is 11.7. The summed E-state index contributed by atoms with van der Waals surface area (Å²) in [5.74, 6) is -1.91. The van der Waals surface area contributed by atoms with Crippen LogP contribution in [0.2, 0.25) is 0 Å². The number of nitrogens with two attached hydrogens (primary N) is 4. The third kappa shape index (κ3) is 17.4. The van der Waals surface area contributed by atoms with Gasteiger partial charge in [-0.1, -0.05) is 12.8 Å². The van der Waals surface area contributed by atoms with Crippen molar-refractivity contribution in [2.24, 2.45) is 22.9 Å². The number of benzene rings is 3. The van der Waals surface area contributed by atoms with E-state index in [1.54, 1.807) is 0 Å². The van der Waals surface area contributed by atoms with Crippen LogP contribution >= 0.6 is 23.5 Å². The number of hydrogen-bond donors (Lipinski definition) is 6. The average molecular weight is 969 g/mol. The number of ether oxygens (including phenoxy) is 2. The number of methoxy groups -OCH3 is 2. The quantitative estimate of drug-likeness (QED) is 0.00919. The van der Waals surface area contributed by atoms with Crippen molar-refractivity contribution in [3.8, 4) is 11.5 Å². The number of alkyl halides is 6. The van der Waals surface area contributed by atoms with Crippen molar-refractivity contribution in [2.75, 3.05) is 38.8 Å². The molecule has 20 heteroatoms. The fraction of sp³-hybridized carbons (Fsp3) is 0.478. The van der Waals surface area contributed by atoms with Gasteiger partial charge < -0.3 is 32.4 Å². The summed E-state index contributed by atoms with van der Waals surface area (Å²) in [5, 5.41) is 14.7. The highest BCUT2D eigenvalue weighted by atomic mass is 32.2. The lowest BCUT2D eigenvalue weighted by molar-refractivity contribution is -0.138. The summed E-state index contributed by atoms with van der Waals surface area (Å²) in [6.07, 6.45) is -7.65. The lowest BCUT2D eigenvalue weighted by Crippen LogP contribution is -2.16. The molecule has 0 saturated heterocycles. The Kier molecular flexibility index (Phi) is 22.2. The second kappa shape index (κ2) is 26.4. The van der Waals surface area contributed by atoms with Crippen molar-refractivity contribution in [3.05, 3.63) is 80.9 Å². The highest BCUT2D eigenvalue weighted by Gasteiger charge is 2.35. The van der Waals surface area contributed by atoms with E-state index >= 15 is 0 Å². The third-order valence-corrected chi connectivity index (χ3v) is 12.8. The van der Waals surface area contributed by atoms with Crippen molar-refractivity contribution < 1.29 is 55.0 Å². The monoisotopic (exact) mass is 968 g/mol. The number of hydrogen-bond acceptors (Lipinski definition) is 12. The van der Waals surface area contributed by atoms with E-state index in [1.165, 1.54) is 20.3 Å². The molecule has 0 aromatic heterocycles. The molecule has 0 aliphatic rings. The summed E-state index contributed by atoms with van der Waals surface area (Å²) >= 11 is 2.18. The molecular weight excluding hydrogens is 911 g/mol. The van der Waals surface area contributed by atoms with Crippen LogP contribution in [0.4, 0.5) is 26.3 Å². The largest absolute Gasteiger partial charge is 0.496 e. The number of Topliss-reactive ketones (excluding diaryl/α,β-unsaturated/α-hetero) is 4. The molecule has 0 fully saturated rings. The molecule has 0 saturated carbocycles. The first-order valence-corrected chi connectivity index (χ1v) is 23.2. The van der Waals surface area contributed by atoms with Crippen LogP contribution in [0.15, 0.2) is 46.2 Å². The van der Waals surface area contributed by atoms with Crippen molar-refractivity contribution in [1.82, 2.24) is 0 Å². The molecule has 0 radical (unpaired) electrons. The Hall–Kier alpha value is -4.92. The number of ketones is 4. The van der Waals surface area contributed by atoms with Crippen molar-refractivity contribution in [2.45, 2.75) is 112 Å². The van der Waals surface area contributed by atoms with Gasteiger partial charge in [0, 0.05) is 91.8 Å². The van der Waals surface area contributed by atoms with Gasteiger partial charge in [-0.05, 0) is 78.3 Å². The predicted octanol–water partition coefficient (Wildman–Crippen LogP) is 8.69. The van der Waals surface area contributed by atoms with Gasteiger partial charge in [-0.3, -0.25) is 30.0 Å². The van der Waals surface area contributed by atoms with E-state index < -0.39 is 47.9 Å². The lowest BCUT2D eigenvalue weighted by atomic mass is 9.92. The molecule has 12 nitrogen and oxygen atoms in total. The molecule has 0 aliphatic heterocycles. The Morgan fingerprint density at radius 2 is 0.864 bits per heavy atom. The molecule has 0 bridgehead atoms. The molecule has 362 valence electrons. The highest BCUT2D eigenvalue weighted by molar-refractivity contribution is 7.99. The van der Waals surface area contributed by atoms with E-state index in [0.29, 0.717) is 51.4 Å². The predicted molar refractivity (Wildman–Crippen MR) is 245 cm³/mol. The minimum Gasteiger partial charge on any atom is -0.496 e. The lowest BCUT2D eigenvalue weighted by Gasteiger charge is -2.20. The van der Waals surface area contributed by atoms with Gasteiger partial charge in [0.05, 0.1) is 48.1 Å². The zero-order chi connectivity index (χ0) is 49.2. The maximum absolute atomic E-state index is 14.4. The van der Waals surface area contributed by atoms with Crippen LogP contribution in [0.25, 0.3) is 0 Å². The smallest absolute Gasteiger partial charge is 0.416 e. The van der Waals surface area contributed by atoms with Crippen LogP contribution in [0.5, 0.6) is 11.5 Å². The Morgan fingerprint density at radius 1 is 0.530 bits per heavy atom.